The second-order valence-electron chi connectivity index (χ2n) is 6.15. The van der Waals surface area contributed by atoms with E-state index in [-0.39, 0.29) is 15.8 Å². The van der Waals surface area contributed by atoms with E-state index in [2.05, 4.69) is 6.07 Å². The van der Waals surface area contributed by atoms with Crippen LogP contribution < -0.4 is 0 Å². The molecule has 25 heavy (non-hydrogen) atoms. The topological polar surface area (TPSA) is 50.3 Å². The maximum absolute atomic E-state index is 13.0. The summed E-state index contributed by atoms with van der Waals surface area (Å²) in [5, 5.41) is 1.28. The van der Waals surface area contributed by atoms with E-state index in [1.165, 1.54) is 0 Å². The number of piperidine rings is 1. The number of sulfonamides is 1. The first-order chi connectivity index (χ1) is 12.1. The minimum absolute atomic E-state index is 0.128. The summed E-state index contributed by atoms with van der Waals surface area (Å²) in [6.45, 7) is 0.975. The van der Waals surface area contributed by atoms with E-state index < -0.39 is 10.0 Å². The fourth-order valence-corrected chi connectivity index (χ4v) is 6.33. The van der Waals surface area contributed by atoms with Gasteiger partial charge in [-0.3, -0.25) is 0 Å². The lowest BCUT2D eigenvalue weighted by atomic mass is 10.0. The normalized spacial score (nSPS) is 19.3. The molecule has 0 amide bonds. The van der Waals surface area contributed by atoms with E-state index in [1.54, 1.807) is 39.9 Å². The standard InChI is InChI=1S/C18H17ClN2O2S2/c19-14-7-1-4-10-17(14)25(22,23)21-11-5-6-13(12-21)18-20-15-8-2-3-9-16(15)24-18/h1-4,7-10,13H,5-6,11-12H2/t13-/m1/s1. The van der Waals surface area contributed by atoms with Gasteiger partial charge in [-0.15, -0.1) is 11.3 Å². The Morgan fingerprint density at radius 2 is 1.88 bits per heavy atom. The average Bonchev–Trinajstić information content (AvgIpc) is 3.06. The van der Waals surface area contributed by atoms with Crippen LogP contribution in [0.5, 0.6) is 0 Å². The van der Waals surface area contributed by atoms with Gasteiger partial charge in [-0.05, 0) is 37.1 Å². The summed E-state index contributed by atoms with van der Waals surface area (Å²) in [5.74, 6) is 0.128. The Bertz CT molecular complexity index is 984. The first-order valence-corrected chi connectivity index (χ1v) is 10.8. The van der Waals surface area contributed by atoms with Crippen LogP contribution in [-0.2, 0) is 10.0 Å². The number of nitrogens with zero attached hydrogens (tertiary/aromatic N) is 2. The van der Waals surface area contributed by atoms with Crippen molar-refractivity contribution in [1.29, 1.82) is 0 Å². The lowest BCUT2D eigenvalue weighted by molar-refractivity contribution is 0.315. The van der Waals surface area contributed by atoms with Gasteiger partial charge in [0.05, 0.1) is 20.2 Å². The lowest BCUT2D eigenvalue weighted by Gasteiger charge is -2.31. The number of para-hydroxylation sites is 1. The summed E-state index contributed by atoms with van der Waals surface area (Å²) in [4.78, 5) is 4.90. The third-order valence-electron chi connectivity index (χ3n) is 4.50. The van der Waals surface area contributed by atoms with Gasteiger partial charge in [0.2, 0.25) is 10.0 Å². The highest BCUT2D eigenvalue weighted by Crippen LogP contribution is 2.35. The van der Waals surface area contributed by atoms with Crippen LogP contribution in [-0.4, -0.2) is 30.8 Å². The molecule has 7 heteroatoms. The quantitative estimate of drug-likeness (QED) is 0.658. The monoisotopic (exact) mass is 392 g/mol. The minimum atomic E-state index is -3.59. The summed E-state index contributed by atoms with van der Waals surface area (Å²) in [6.07, 6.45) is 1.78. The van der Waals surface area contributed by atoms with Gasteiger partial charge in [0.15, 0.2) is 0 Å². The Balaban J connectivity index is 1.63. The molecule has 1 aliphatic heterocycles. The van der Waals surface area contributed by atoms with Gasteiger partial charge in [0.25, 0.3) is 0 Å². The second-order valence-corrected chi connectivity index (χ2v) is 9.53. The molecule has 1 saturated heterocycles. The number of halogens is 1. The highest BCUT2D eigenvalue weighted by atomic mass is 35.5. The van der Waals surface area contributed by atoms with Crippen LogP contribution in [0.1, 0.15) is 23.8 Å². The molecule has 1 atom stereocenters. The zero-order valence-electron chi connectivity index (χ0n) is 13.4. The van der Waals surface area contributed by atoms with Gasteiger partial charge in [-0.25, -0.2) is 13.4 Å². The van der Waals surface area contributed by atoms with Gasteiger partial charge in [0, 0.05) is 19.0 Å². The summed E-state index contributed by atoms with van der Waals surface area (Å²) < 4.78 is 28.7. The van der Waals surface area contributed by atoms with Crippen LogP contribution in [0, 0.1) is 0 Å². The molecular weight excluding hydrogens is 376 g/mol. The molecule has 4 rings (SSSR count). The number of rotatable bonds is 3. The summed E-state index contributed by atoms with van der Waals surface area (Å²) >= 11 is 7.78. The molecule has 1 aromatic heterocycles. The van der Waals surface area contributed by atoms with Crippen molar-refractivity contribution in [1.82, 2.24) is 9.29 Å². The molecule has 1 aliphatic rings. The first kappa shape index (κ1) is 17.0. The fraction of sp³-hybridized carbons (Fsp3) is 0.278. The predicted molar refractivity (Wildman–Crippen MR) is 102 cm³/mol. The molecule has 1 fully saturated rings. The van der Waals surface area contributed by atoms with E-state index in [1.807, 2.05) is 18.2 Å². The number of fused-ring (bicyclic) bond motifs is 1. The van der Waals surface area contributed by atoms with Crippen LogP contribution in [0.4, 0.5) is 0 Å². The first-order valence-electron chi connectivity index (χ1n) is 8.16. The molecule has 0 spiro atoms. The average molecular weight is 393 g/mol. The fourth-order valence-electron chi connectivity index (χ4n) is 3.22. The zero-order chi connectivity index (χ0) is 17.4. The van der Waals surface area contributed by atoms with Crippen LogP contribution >= 0.6 is 22.9 Å². The van der Waals surface area contributed by atoms with E-state index >= 15 is 0 Å². The van der Waals surface area contributed by atoms with Crippen molar-refractivity contribution in [2.75, 3.05) is 13.1 Å². The Morgan fingerprint density at radius 3 is 2.68 bits per heavy atom. The second kappa shape index (κ2) is 6.68. The van der Waals surface area contributed by atoms with Crippen molar-refractivity contribution in [2.24, 2.45) is 0 Å². The van der Waals surface area contributed by atoms with Gasteiger partial charge in [0.1, 0.15) is 4.90 Å². The molecule has 0 unspecified atom stereocenters. The molecule has 0 saturated carbocycles. The van der Waals surface area contributed by atoms with E-state index in [9.17, 15) is 8.42 Å². The van der Waals surface area contributed by atoms with Gasteiger partial charge in [-0.1, -0.05) is 35.9 Å². The molecule has 130 valence electrons. The SMILES string of the molecule is O=S(=O)(c1ccccc1Cl)N1CCC[C@@H](c2nc3ccccc3s2)C1. The summed E-state index contributed by atoms with van der Waals surface area (Å²) in [6, 6.07) is 14.6. The maximum atomic E-state index is 13.0. The highest BCUT2D eigenvalue weighted by molar-refractivity contribution is 7.89. The minimum Gasteiger partial charge on any atom is -0.241 e. The van der Waals surface area contributed by atoms with Crippen LogP contribution in [0.2, 0.25) is 5.02 Å². The highest BCUT2D eigenvalue weighted by Gasteiger charge is 2.33. The molecular formula is C18H17ClN2O2S2. The Kier molecular flexibility index (Phi) is 4.54. The number of aromatic nitrogens is 1. The Morgan fingerprint density at radius 1 is 1.12 bits per heavy atom. The third-order valence-corrected chi connectivity index (χ3v) is 8.06. The number of thiazole rings is 1. The predicted octanol–water partition coefficient (Wildman–Crippen LogP) is 4.52. The molecule has 0 N–H and O–H groups in total. The van der Waals surface area contributed by atoms with Crippen molar-refractivity contribution in [3.05, 3.63) is 58.6 Å². The van der Waals surface area contributed by atoms with E-state index in [0.717, 1.165) is 28.1 Å². The summed E-state index contributed by atoms with van der Waals surface area (Å²) in [5.41, 5.74) is 0.980. The Hall–Kier alpha value is -1.47. The molecule has 0 radical (unpaired) electrons. The lowest BCUT2D eigenvalue weighted by Crippen LogP contribution is -2.39. The van der Waals surface area contributed by atoms with Crippen molar-refractivity contribution in [3.63, 3.8) is 0 Å². The number of hydrogen-bond donors (Lipinski definition) is 0. The number of benzene rings is 2. The maximum Gasteiger partial charge on any atom is 0.244 e. The molecule has 0 bridgehead atoms. The van der Waals surface area contributed by atoms with Gasteiger partial charge in [-0.2, -0.15) is 4.31 Å². The van der Waals surface area contributed by atoms with Crippen molar-refractivity contribution in [3.8, 4) is 0 Å². The zero-order valence-corrected chi connectivity index (χ0v) is 15.8. The number of hydrogen-bond acceptors (Lipinski definition) is 4. The largest absolute Gasteiger partial charge is 0.244 e. The molecule has 4 nitrogen and oxygen atoms in total. The smallest absolute Gasteiger partial charge is 0.241 e. The molecule has 2 aromatic carbocycles. The van der Waals surface area contributed by atoms with Gasteiger partial charge < -0.3 is 0 Å². The van der Waals surface area contributed by atoms with Crippen molar-refractivity contribution < 1.29 is 8.42 Å². The molecule has 2 heterocycles. The van der Waals surface area contributed by atoms with E-state index in [0.29, 0.717) is 13.1 Å². The van der Waals surface area contributed by atoms with Gasteiger partial charge >= 0.3 is 0 Å². The van der Waals surface area contributed by atoms with Crippen LogP contribution in [0.3, 0.4) is 0 Å². The molecule has 3 aromatic rings. The van der Waals surface area contributed by atoms with Crippen LogP contribution in [0.25, 0.3) is 10.2 Å². The van der Waals surface area contributed by atoms with Crippen molar-refractivity contribution >= 4 is 43.2 Å². The van der Waals surface area contributed by atoms with E-state index in [4.69, 9.17) is 16.6 Å². The third kappa shape index (κ3) is 3.19. The Labute approximate surface area is 156 Å². The van der Waals surface area contributed by atoms with Crippen LogP contribution in [0.15, 0.2) is 53.4 Å². The molecule has 0 aliphatic carbocycles. The summed E-state index contributed by atoms with van der Waals surface area (Å²) in [7, 11) is -3.59. The van der Waals surface area contributed by atoms with Crippen molar-refractivity contribution in [2.45, 2.75) is 23.7 Å².